The predicted molar refractivity (Wildman–Crippen MR) is 85.0 cm³/mol. The van der Waals surface area contributed by atoms with Crippen LogP contribution in [-0.2, 0) is 0 Å². The van der Waals surface area contributed by atoms with E-state index >= 15 is 0 Å². The third kappa shape index (κ3) is 3.51. The number of amides is 1. The Labute approximate surface area is 126 Å². The molecule has 0 atom stereocenters. The Morgan fingerprint density at radius 1 is 1.10 bits per heavy atom. The van der Waals surface area contributed by atoms with Crippen molar-refractivity contribution in [2.45, 2.75) is 47.1 Å². The highest BCUT2D eigenvalue weighted by Crippen LogP contribution is 2.16. The molecule has 112 valence electrons. The van der Waals surface area contributed by atoms with Gasteiger partial charge in [-0.05, 0) is 70.9 Å². The highest BCUT2D eigenvalue weighted by atomic mass is 16.2. The van der Waals surface area contributed by atoms with Crippen LogP contribution in [0.4, 0.5) is 0 Å². The van der Waals surface area contributed by atoms with E-state index in [0.717, 1.165) is 11.4 Å². The maximum atomic E-state index is 12.2. The van der Waals surface area contributed by atoms with Gasteiger partial charge < -0.3 is 5.32 Å². The second-order valence-corrected chi connectivity index (χ2v) is 6.56. The summed E-state index contributed by atoms with van der Waals surface area (Å²) in [6, 6.07) is 7.99. The zero-order valence-corrected chi connectivity index (χ0v) is 13.6. The van der Waals surface area contributed by atoms with Gasteiger partial charge in [0, 0.05) is 11.2 Å². The summed E-state index contributed by atoms with van der Waals surface area (Å²) in [5, 5.41) is 7.37. The molecule has 1 aromatic carbocycles. The Morgan fingerprint density at radius 2 is 1.76 bits per heavy atom. The topological polar surface area (TPSA) is 46.9 Å². The van der Waals surface area contributed by atoms with E-state index in [0.29, 0.717) is 5.69 Å². The second-order valence-electron chi connectivity index (χ2n) is 6.56. The van der Waals surface area contributed by atoms with Crippen LogP contribution in [0.3, 0.4) is 0 Å². The molecule has 1 aromatic heterocycles. The minimum Gasteiger partial charge on any atom is -0.346 e. The second kappa shape index (κ2) is 5.35. The summed E-state index contributed by atoms with van der Waals surface area (Å²) in [4.78, 5) is 12.2. The van der Waals surface area contributed by atoms with Crippen molar-refractivity contribution in [1.82, 2.24) is 15.1 Å². The molecule has 0 fully saturated rings. The largest absolute Gasteiger partial charge is 0.346 e. The van der Waals surface area contributed by atoms with Gasteiger partial charge in [0.05, 0.1) is 5.69 Å². The molecule has 0 spiro atoms. The van der Waals surface area contributed by atoms with Gasteiger partial charge >= 0.3 is 0 Å². The van der Waals surface area contributed by atoms with E-state index in [-0.39, 0.29) is 11.4 Å². The fraction of sp³-hybridized carbons (Fsp3) is 0.412. The zero-order chi connectivity index (χ0) is 15.8. The predicted octanol–water partition coefficient (Wildman–Crippen LogP) is 3.33. The highest BCUT2D eigenvalue weighted by Gasteiger charge is 2.18. The molecule has 0 saturated heterocycles. The molecule has 1 heterocycles. The molecule has 0 radical (unpaired) electrons. The van der Waals surface area contributed by atoms with E-state index in [4.69, 9.17) is 0 Å². The first-order valence-electron chi connectivity index (χ1n) is 7.14. The van der Waals surface area contributed by atoms with Crippen molar-refractivity contribution < 1.29 is 4.79 Å². The van der Waals surface area contributed by atoms with Crippen molar-refractivity contribution in [2.24, 2.45) is 0 Å². The Bertz CT molecular complexity index is 678. The number of carbonyl (C=O) groups excluding carboxylic acids is 1. The fourth-order valence-corrected chi connectivity index (χ4v) is 2.11. The third-order valence-electron chi connectivity index (χ3n) is 3.34. The van der Waals surface area contributed by atoms with Gasteiger partial charge in [-0.3, -0.25) is 4.79 Å². The maximum absolute atomic E-state index is 12.2. The van der Waals surface area contributed by atoms with Crippen LogP contribution in [0.1, 0.15) is 48.1 Å². The molecule has 0 aliphatic carbocycles. The van der Waals surface area contributed by atoms with Gasteiger partial charge in [-0.25, -0.2) is 4.68 Å². The molecular formula is C17H23N3O. The first-order valence-corrected chi connectivity index (χ1v) is 7.14. The number of carbonyl (C=O) groups is 1. The van der Waals surface area contributed by atoms with E-state index < -0.39 is 0 Å². The monoisotopic (exact) mass is 285 g/mol. The summed E-state index contributed by atoms with van der Waals surface area (Å²) < 4.78 is 1.81. The Hall–Kier alpha value is -2.10. The summed E-state index contributed by atoms with van der Waals surface area (Å²) >= 11 is 0. The normalized spacial score (nSPS) is 11.5. The van der Waals surface area contributed by atoms with Gasteiger partial charge in [-0.1, -0.05) is 6.07 Å². The number of hydrogen-bond acceptors (Lipinski definition) is 2. The quantitative estimate of drug-likeness (QED) is 0.920. The zero-order valence-electron chi connectivity index (χ0n) is 13.6. The van der Waals surface area contributed by atoms with Crippen LogP contribution in [0, 0.1) is 20.8 Å². The minimum absolute atomic E-state index is 0.145. The van der Waals surface area contributed by atoms with Crippen molar-refractivity contribution in [1.29, 1.82) is 0 Å². The average molecular weight is 285 g/mol. The number of benzene rings is 1. The molecule has 0 saturated carbocycles. The molecule has 0 unspecified atom stereocenters. The standard InChI is InChI=1S/C17H23N3O/c1-11-7-8-14(9-12(11)2)20-13(3)10-15(19-20)16(21)18-17(4,5)6/h7-10H,1-6H3,(H,18,21). The molecular weight excluding hydrogens is 262 g/mol. The van der Waals surface area contributed by atoms with Gasteiger partial charge in [0.1, 0.15) is 0 Å². The first-order chi connectivity index (χ1) is 9.67. The Balaban J connectivity index is 2.35. The van der Waals surface area contributed by atoms with Crippen LogP contribution in [0.5, 0.6) is 0 Å². The van der Waals surface area contributed by atoms with Crippen LogP contribution < -0.4 is 5.32 Å². The fourth-order valence-electron chi connectivity index (χ4n) is 2.11. The van der Waals surface area contributed by atoms with Crippen LogP contribution in [0.2, 0.25) is 0 Å². The SMILES string of the molecule is Cc1ccc(-n2nc(C(=O)NC(C)(C)C)cc2C)cc1C. The van der Waals surface area contributed by atoms with Crippen molar-refractivity contribution >= 4 is 5.91 Å². The summed E-state index contributed by atoms with van der Waals surface area (Å²) in [7, 11) is 0. The molecule has 0 aliphatic rings. The third-order valence-corrected chi connectivity index (χ3v) is 3.34. The highest BCUT2D eigenvalue weighted by molar-refractivity contribution is 5.92. The number of aryl methyl sites for hydroxylation is 3. The Morgan fingerprint density at radius 3 is 2.33 bits per heavy atom. The van der Waals surface area contributed by atoms with E-state index in [9.17, 15) is 4.79 Å². The lowest BCUT2D eigenvalue weighted by atomic mass is 10.1. The van der Waals surface area contributed by atoms with Gasteiger partial charge in [0.15, 0.2) is 5.69 Å². The Kier molecular flexibility index (Phi) is 3.90. The lowest BCUT2D eigenvalue weighted by Gasteiger charge is -2.19. The minimum atomic E-state index is -0.269. The molecule has 2 aromatic rings. The van der Waals surface area contributed by atoms with Crippen LogP contribution in [0.15, 0.2) is 24.3 Å². The van der Waals surface area contributed by atoms with Crippen molar-refractivity contribution in [3.05, 3.63) is 46.8 Å². The van der Waals surface area contributed by atoms with Gasteiger partial charge in [-0.15, -0.1) is 0 Å². The van der Waals surface area contributed by atoms with Crippen molar-refractivity contribution in [2.75, 3.05) is 0 Å². The number of hydrogen-bond donors (Lipinski definition) is 1. The van der Waals surface area contributed by atoms with E-state index in [1.807, 2.05) is 44.5 Å². The van der Waals surface area contributed by atoms with E-state index in [1.165, 1.54) is 11.1 Å². The molecule has 1 N–H and O–H groups in total. The number of aromatic nitrogens is 2. The molecule has 4 heteroatoms. The van der Waals surface area contributed by atoms with Crippen molar-refractivity contribution in [3.8, 4) is 5.69 Å². The van der Waals surface area contributed by atoms with E-state index in [1.54, 1.807) is 0 Å². The van der Waals surface area contributed by atoms with Gasteiger partial charge in [-0.2, -0.15) is 5.10 Å². The maximum Gasteiger partial charge on any atom is 0.272 e. The van der Waals surface area contributed by atoms with Crippen molar-refractivity contribution in [3.63, 3.8) is 0 Å². The molecule has 2 rings (SSSR count). The van der Waals surface area contributed by atoms with Gasteiger partial charge in [0.2, 0.25) is 0 Å². The summed E-state index contributed by atoms with van der Waals surface area (Å²) in [5.41, 5.74) is 4.55. The smallest absolute Gasteiger partial charge is 0.272 e. The molecule has 21 heavy (non-hydrogen) atoms. The average Bonchev–Trinajstić information content (AvgIpc) is 2.73. The summed E-state index contributed by atoms with van der Waals surface area (Å²) in [5.74, 6) is -0.145. The lowest BCUT2D eigenvalue weighted by Crippen LogP contribution is -2.40. The lowest BCUT2D eigenvalue weighted by molar-refractivity contribution is 0.0914. The molecule has 1 amide bonds. The molecule has 0 bridgehead atoms. The van der Waals surface area contributed by atoms with Crippen LogP contribution >= 0.6 is 0 Å². The van der Waals surface area contributed by atoms with Gasteiger partial charge in [0.25, 0.3) is 5.91 Å². The summed E-state index contributed by atoms with van der Waals surface area (Å²) in [6.07, 6.45) is 0. The number of rotatable bonds is 2. The van der Waals surface area contributed by atoms with E-state index in [2.05, 4.69) is 36.4 Å². The molecule has 0 aliphatic heterocycles. The first kappa shape index (κ1) is 15.3. The molecule has 4 nitrogen and oxygen atoms in total. The van der Waals surface area contributed by atoms with Crippen LogP contribution in [0.25, 0.3) is 5.69 Å². The number of nitrogens with zero attached hydrogens (tertiary/aromatic N) is 2. The van der Waals surface area contributed by atoms with Crippen LogP contribution in [-0.4, -0.2) is 21.2 Å². The summed E-state index contributed by atoms with van der Waals surface area (Å²) in [6.45, 7) is 12.0. The number of nitrogens with one attached hydrogen (secondary N) is 1.